The lowest BCUT2D eigenvalue weighted by atomic mass is 9.91. The molecule has 1 aromatic carbocycles. The van der Waals surface area contributed by atoms with Crippen molar-refractivity contribution in [1.29, 1.82) is 0 Å². The fraction of sp³-hybridized carbons (Fsp3) is 0.375. The zero-order valence-corrected chi connectivity index (χ0v) is 19.2. The number of aromatic nitrogens is 4. The van der Waals surface area contributed by atoms with E-state index in [1.54, 1.807) is 6.07 Å². The van der Waals surface area contributed by atoms with Gasteiger partial charge in [-0.1, -0.05) is 11.6 Å². The molecule has 0 aliphatic heterocycles. The Morgan fingerprint density at radius 1 is 1.15 bits per heavy atom. The third-order valence-corrected chi connectivity index (χ3v) is 8.11. The van der Waals surface area contributed by atoms with Gasteiger partial charge in [0, 0.05) is 16.5 Å². The number of nitrogens with zero attached hydrogens (tertiary/aromatic N) is 4. The molecular formula is C24H24ClFN6O2. The SMILES string of the molecule is Cc1cc2c(N)ncnc2n1[C@H]1[C@H](O)[C@H](O)[C@@]2(CCc3cc(F)c4cc(Cl)c(N)nc4c3)C[C@H]12. The predicted octanol–water partition coefficient (Wildman–Crippen LogP) is 3.16. The number of hydrogen-bond acceptors (Lipinski definition) is 7. The van der Waals surface area contributed by atoms with Crippen molar-refractivity contribution in [3.63, 3.8) is 0 Å². The molecule has 2 aliphatic carbocycles. The molecule has 2 aliphatic rings. The first kappa shape index (κ1) is 21.5. The number of fused-ring (bicyclic) bond motifs is 3. The summed E-state index contributed by atoms with van der Waals surface area (Å²) >= 11 is 5.99. The number of halogens is 2. The van der Waals surface area contributed by atoms with Crippen LogP contribution in [0.3, 0.4) is 0 Å². The molecule has 2 saturated carbocycles. The smallest absolute Gasteiger partial charge is 0.146 e. The lowest BCUT2D eigenvalue weighted by Gasteiger charge is -2.25. The van der Waals surface area contributed by atoms with E-state index in [1.807, 2.05) is 17.6 Å². The van der Waals surface area contributed by atoms with Crippen molar-refractivity contribution in [2.24, 2.45) is 11.3 Å². The molecule has 2 fully saturated rings. The van der Waals surface area contributed by atoms with Crippen molar-refractivity contribution in [3.8, 4) is 0 Å². The molecule has 3 aromatic heterocycles. The van der Waals surface area contributed by atoms with Crippen molar-refractivity contribution in [3.05, 3.63) is 52.7 Å². The van der Waals surface area contributed by atoms with Crippen molar-refractivity contribution < 1.29 is 14.6 Å². The number of aliphatic hydroxyl groups excluding tert-OH is 2. The number of rotatable bonds is 4. The highest BCUT2D eigenvalue weighted by atomic mass is 35.5. The van der Waals surface area contributed by atoms with E-state index >= 15 is 0 Å². The maximum atomic E-state index is 14.7. The van der Waals surface area contributed by atoms with Crippen LogP contribution < -0.4 is 11.5 Å². The Bertz CT molecular complexity index is 1480. The first-order chi connectivity index (χ1) is 16.2. The van der Waals surface area contributed by atoms with Gasteiger partial charge in [0.2, 0.25) is 0 Å². The molecule has 0 spiro atoms. The Hall–Kier alpha value is -3.01. The van der Waals surface area contributed by atoms with Crippen LogP contribution in [0.25, 0.3) is 21.9 Å². The number of hydrogen-bond donors (Lipinski definition) is 4. The molecule has 34 heavy (non-hydrogen) atoms. The van der Waals surface area contributed by atoms with E-state index in [-0.39, 0.29) is 22.8 Å². The second-order valence-electron chi connectivity index (χ2n) is 9.62. The van der Waals surface area contributed by atoms with Crippen LogP contribution in [0, 0.1) is 24.1 Å². The average Bonchev–Trinajstić information content (AvgIpc) is 3.36. The minimum atomic E-state index is -0.943. The van der Waals surface area contributed by atoms with Gasteiger partial charge in [-0.25, -0.2) is 19.3 Å². The van der Waals surface area contributed by atoms with Crippen LogP contribution in [0.1, 0.15) is 30.1 Å². The number of pyridine rings is 1. The topological polar surface area (TPSA) is 136 Å². The van der Waals surface area contributed by atoms with Crippen LogP contribution in [0.5, 0.6) is 0 Å². The second-order valence-corrected chi connectivity index (χ2v) is 10.0. The highest BCUT2D eigenvalue weighted by Crippen LogP contribution is 2.70. The van der Waals surface area contributed by atoms with Gasteiger partial charge in [-0.3, -0.25) is 0 Å². The Kier molecular flexibility index (Phi) is 4.58. The zero-order chi connectivity index (χ0) is 23.9. The van der Waals surface area contributed by atoms with Gasteiger partial charge in [-0.05, 0) is 61.9 Å². The Labute approximate surface area is 199 Å². The fourth-order valence-corrected chi connectivity index (χ4v) is 6.19. The van der Waals surface area contributed by atoms with Crippen LogP contribution in [-0.2, 0) is 6.42 Å². The molecule has 0 saturated heterocycles. The summed E-state index contributed by atoms with van der Waals surface area (Å²) in [6.07, 6.45) is 1.48. The van der Waals surface area contributed by atoms with E-state index in [1.165, 1.54) is 18.5 Å². The van der Waals surface area contributed by atoms with Crippen molar-refractivity contribution >= 4 is 45.2 Å². The third kappa shape index (κ3) is 2.93. The van der Waals surface area contributed by atoms with E-state index in [0.29, 0.717) is 35.2 Å². The molecule has 0 amide bonds. The molecule has 3 heterocycles. The quantitative estimate of drug-likeness (QED) is 0.350. The van der Waals surface area contributed by atoms with Crippen LogP contribution in [0.2, 0.25) is 5.02 Å². The maximum Gasteiger partial charge on any atom is 0.146 e. The molecule has 10 heteroatoms. The molecule has 0 bridgehead atoms. The summed E-state index contributed by atoms with van der Waals surface area (Å²) in [5.41, 5.74) is 14.1. The standard InChI is InChI=1S/C24H24ClFN6O2/c1-10-4-13-21(27)29-9-30-23(13)32(10)18-14-8-24(14,20(34)19(18)33)3-2-11-5-16(26)12-7-15(25)22(28)31-17(12)6-11/h4-7,9,14,18-20,33-34H,2-3,8H2,1H3,(H2,28,31)(H2,27,29,30)/t14-,18-,19+,20+,24+/m1/s1. The summed E-state index contributed by atoms with van der Waals surface area (Å²) in [4.78, 5) is 12.7. The molecule has 6 rings (SSSR count). The number of anilines is 2. The summed E-state index contributed by atoms with van der Waals surface area (Å²) in [5, 5.41) is 23.4. The Morgan fingerprint density at radius 3 is 2.74 bits per heavy atom. The summed E-state index contributed by atoms with van der Waals surface area (Å²) < 4.78 is 16.7. The van der Waals surface area contributed by atoms with Crippen LogP contribution in [0.4, 0.5) is 16.0 Å². The number of benzene rings is 1. The van der Waals surface area contributed by atoms with Gasteiger partial charge in [-0.15, -0.1) is 0 Å². The molecule has 176 valence electrons. The molecular weight excluding hydrogens is 459 g/mol. The zero-order valence-electron chi connectivity index (χ0n) is 18.4. The van der Waals surface area contributed by atoms with Gasteiger partial charge >= 0.3 is 0 Å². The Balaban J connectivity index is 1.30. The minimum Gasteiger partial charge on any atom is -0.390 e. The van der Waals surface area contributed by atoms with Gasteiger partial charge in [0.1, 0.15) is 35.5 Å². The summed E-state index contributed by atoms with van der Waals surface area (Å²) in [5.74, 6) is 0.197. The van der Waals surface area contributed by atoms with Crippen LogP contribution in [0.15, 0.2) is 30.6 Å². The first-order valence-corrected chi connectivity index (χ1v) is 11.6. The van der Waals surface area contributed by atoms with Gasteiger partial charge in [0.15, 0.2) is 0 Å². The van der Waals surface area contributed by atoms with E-state index in [0.717, 1.165) is 23.1 Å². The van der Waals surface area contributed by atoms with Crippen molar-refractivity contribution in [2.45, 2.75) is 44.4 Å². The van der Waals surface area contributed by atoms with Gasteiger partial charge in [-0.2, -0.15) is 0 Å². The lowest BCUT2D eigenvalue weighted by Crippen LogP contribution is -2.34. The summed E-state index contributed by atoms with van der Waals surface area (Å²) in [7, 11) is 0. The van der Waals surface area contributed by atoms with Crippen LogP contribution >= 0.6 is 11.6 Å². The molecule has 4 aromatic rings. The highest BCUT2D eigenvalue weighted by Gasteiger charge is 2.70. The maximum absolute atomic E-state index is 14.7. The summed E-state index contributed by atoms with van der Waals surface area (Å²) in [6.45, 7) is 1.94. The monoisotopic (exact) mass is 482 g/mol. The highest BCUT2D eigenvalue weighted by molar-refractivity contribution is 6.33. The third-order valence-electron chi connectivity index (χ3n) is 7.81. The number of aryl methyl sites for hydroxylation is 2. The van der Waals surface area contributed by atoms with Gasteiger partial charge in [0.05, 0.1) is 28.1 Å². The van der Waals surface area contributed by atoms with Crippen molar-refractivity contribution in [1.82, 2.24) is 19.5 Å². The molecule has 5 atom stereocenters. The normalized spacial score (nSPS) is 28.0. The second kappa shape index (κ2) is 7.24. The van der Waals surface area contributed by atoms with E-state index in [9.17, 15) is 14.6 Å². The number of nitrogen functional groups attached to an aromatic ring is 2. The first-order valence-electron chi connectivity index (χ1n) is 11.2. The number of aliphatic hydroxyl groups is 2. The molecule has 0 radical (unpaired) electrons. The Morgan fingerprint density at radius 2 is 1.94 bits per heavy atom. The van der Waals surface area contributed by atoms with E-state index < -0.39 is 23.4 Å². The molecule has 8 nitrogen and oxygen atoms in total. The minimum absolute atomic E-state index is 0.0702. The van der Waals surface area contributed by atoms with Gasteiger partial charge in [0.25, 0.3) is 0 Å². The van der Waals surface area contributed by atoms with E-state index in [2.05, 4.69) is 15.0 Å². The molecule has 6 N–H and O–H groups in total. The van der Waals surface area contributed by atoms with E-state index in [4.69, 9.17) is 23.1 Å². The average molecular weight is 483 g/mol. The molecule has 0 unspecified atom stereocenters. The van der Waals surface area contributed by atoms with Crippen molar-refractivity contribution in [2.75, 3.05) is 11.5 Å². The van der Waals surface area contributed by atoms with Crippen LogP contribution in [-0.4, -0.2) is 41.9 Å². The number of nitrogens with two attached hydrogens (primary N) is 2. The largest absolute Gasteiger partial charge is 0.390 e. The van der Waals surface area contributed by atoms with Gasteiger partial charge < -0.3 is 26.2 Å². The fourth-order valence-electron chi connectivity index (χ4n) is 6.03. The predicted molar refractivity (Wildman–Crippen MR) is 128 cm³/mol. The lowest BCUT2D eigenvalue weighted by molar-refractivity contribution is -0.0194. The summed E-state index contributed by atoms with van der Waals surface area (Å²) in [6, 6.07) is 6.35.